The van der Waals surface area contributed by atoms with Gasteiger partial charge in [-0.15, -0.1) is 0 Å². The summed E-state index contributed by atoms with van der Waals surface area (Å²) in [6, 6.07) is 11.2. The average molecular weight is 409 g/mol. The standard InChI is InChI=1S/C14H10Br2F3N/c15-11-4-2-1-3-9(11)8-20-13-6-5-10(7-12(13)16)14(17,18)19/h1-7,20H,8H2. The lowest BCUT2D eigenvalue weighted by atomic mass is 10.2. The minimum Gasteiger partial charge on any atom is -0.380 e. The van der Waals surface area contributed by atoms with Gasteiger partial charge in [-0.1, -0.05) is 34.1 Å². The maximum absolute atomic E-state index is 12.6. The highest BCUT2D eigenvalue weighted by Gasteiger charge is 2.30. The van der Waals surface area contributed by atoms with Crippen molar-refractivity contribution in [3.63, 3.8) is 0 Å². The van der Waals surface area contributed by atoms with Crippen molar-refractivity contribution in [1.82, 2.24) is 0 Å². The maximum atomic E-state index is 12.6. The highest BCUT2D eigenvalue weighted by atomic mass is 79.9. The number of anilines is 1. The van der Waals surface area contributed by atoms with Crippen molar-refractivity contribution >= 4 is 37.5 Å². The Morgan fingerprint density at radius 3 is 2.25 bits per heavy atom. The van der Waals surface area contributed by atoms with E-state index in [1.165, 1.54) is 6.07 Å². The maximum Gasteiger partial charge on any atom is 0.416 e. The van der Waals surface area contributed by atoms with Crippen LogP contribution in [0.2, 0.25) is 0 Å². The van der Waals surface area contributed by atoms with Gasteiger partial charge in [-0.25, -0.2) is 0 Å². The number of hydrogen-bond acceptors (Lipinski definition) is 1. The smallest absolute Gasteiger partial charge is 0.380 e. The van der Waals surface area contributed by atoms with Gasteiger partial charge in [0, 0.05) is 21.2 Å². The van der Waals surface area contributed by atoms with E-state index in [4.69, 9.17) is 0 Å². The van der Waals surface area contributed by atoms with Crippen LogP contribution < -0.4 is 5.32 Å². The molecular formula is C14H10Br2F3N. The highest BCUT2D eigenvalue weighted by Crippen LogP contribution is 2.34. The lowest BCUT2D eigenvalue weighted by Crippen LogP contribution is -2.06. The molecule has 0 amide bonds. The molecule has 0 spiro atoms. The Hall–Kier alpha value is -1.01. The van der Waals surface area contributed by atoms with E-state index in [0.717, 1.165) is 22.2 Å². The van der Waals surface area contributed by atoms with Crippen LogP contribution in [0.4, 0.5) is 18.9 Å². The Bertz CT molecular complexity index is 612. The van der Waals surface area contributed by atoms with Gasteiger partial charge in [0.15, 0.2) is 0 Å². The van der Waals surface area contributed by atoms with Gasteiger partial charge >= 0.3 is 6.18 Å². The SMILES string of the molecule is FC(F)(F)c1ccc(NCc2ccccc2Br)c(Br)c1. The molecule has 0 unspecified atom stereocenters. The van der Waals surface area contributed by atoms with Crippen LogP contribution in [0.25, 0.3) is 0 Å². The summed E-state index contributed by atoms with van der Waals surface area (Å²) in [6.07, 6.45) is -4.33. The topological polar surface area (TPSA) is 12.0 Å². The molecule has 0 atom stereocenters. The fourth-order valence-corrected chi connectivity index (χ4v) is 2.61. The molecular weight excluding hydrogens is 399 g/mol. The van der Waals surface area contributed by atoms with Gasteiger partial charge in [0.25, 0.3) is 0 Å². The van der Waals surface area contributed by atoms with Crippen LogP contribution in [0.15, 0.2) is 51.4 Å². The van der Waals surface area contributed by atoms with E-state index >= 15 is 0 Å². The summed E-state index contributed by atoms with van der Waals surface area (Å²) in [7, 11) is 0. The summed E-state index contributed by atoms with van der Waals surface area (Å²) in [5, 5.41) is 3.10. The van der Waals surface area contributed by atoms with E-state index in [0.29, 0.717) is 16.7 Å². The molecule has 0 saturated carbocycles. The fraction of sp³-hybridized carbons (Fsp3) is 0.143. The third-order valence-corrected chi connectivity index (χ3v) is 4.15. The van der Waals surface area contributed by atoms with E-state index in [9.17, 15) is 13.2 Å². The molecule has 2 rings (SSSR count). The highest BCUT2D eigenvalue weighted by molar-refractivity contribution is 9.11. The van der Waals surface area contributed by atoms with Gasteiger partial charge in [0.05, 0.1) is 5.56 Å². The van der Waals surface area contributed by atoms with E-state index in [2.05, 4.69) is 37.2 Å². The van der Waals surface area contributed by atoms with Crippen molar-refractivity contribution in [2.24, 2.45) is 0 Å². The predicted octanol–water partition coefficient (Wildman–Crippen LogP) is 5.84. The van der Waals surface area contributed by atoms with Crippen LogP contribution in [-0.4, -0.2) is 0 Å². The van der Waals surface area contributed by atoms with Gasteiger partial charge in [-0.3, -0.25) is 0 Å². The van der Waals surface area contributed by atoms with E-state index < -0.39 is 11.7 Å². The molecule has 0 aliphatic carbocycles. The first kappa shape index (κ1) is 15.4. The largest absolute Gasteiger partial charge is 0.416 e. The number of alkyl halides is 3. The number of benzene rings is 2. The Balaban J connectivity index is 2.13. The Kier molecular flexibility index (Phi) is 4.75. The van der Waals surface area contributed by atoms with E-state index in [-0.39, 0.29) is 0 Å². The summed E-state index contributed by atoms with van der Waals surface area (Å²) in [6.45, 7) is 0.519. The van der Waals surface area contributed by atoms with Gasteiger partial charge < -0.3 is 5.32 Å². The minimum absolute atomic E-state index is 0.388. The van der Waals surface area contributed by atoms with Crippen LogP contribution in [0, 0.1) is 0 Å². The lowest BCUT2D eigenvalue weighted by molar-refractivity contribution is -0.137. The molecule has 1 nitrogen and oxygen atoms in total. The van der Waals surface area contributed by atoms with Crippen molar-refractivity contribution in [2.75, 3.05) is 5.32 Å². The van der Waals surface area contributed by atoms with Crippen molar-refractivity contribution in [1.29, 1.82) is 0 Å². The summed E-state index contributed by atoms with van der Waals surface area (Å²) in [5.74, 6) is 0. The van der Waals surface area contributed by atoms with Gasteiger partial charge in [0.1, 0.15) is 0 Å². The summed E-state index contributed by atoms with van der Waals surface area (Å²) >= 11 is 6.58. The zero-order valence-electron chi connectivity index (χ0n) is 10.1. The van der Waals surface area contributed by atoms with Crippen molar-refractivity contribution in [3.05, 3.63) is 62.5 Å². The molecule has 0 aliphatic heterocycles. The average Bonchev–Trinajstić information content (AvgIpc) is 2.38. The number of halogens is 5. The molecule has 0 heterocycles. The van der Waals surface area contributed by atoms with Crippen LogP contribution in [-0.2, 0) is 12.7 Å². The first-order valence-corrected chi connectivity index (χ1v) is 7.30. The predicted molar refractivity (Wildman–Crippen MR) is 80.6 cm³/mol. The fourth-order valence-electron chi connectivity index (χ4n) is 1.67. The zero-order valence-corrected chi connectivity index (χ0v) is 13.3. The molecule has 0 aliphatic rings. The first-order chi connectivity index (χ1) is 9.38. The molecule has 0 saturated heterocycles. The van der Waals surface area contributed by atoms with E-state index in [1.807, 2.05) is 24.3 Å². The Morgan fingerprint density at radius 2 is 1.65 bits per heavy atom. The van der Waals surface area contributed by atoms with Crippen LogP contribution >= 0.6 is 31.9 Å². The van der Waals surface area contributed by atoms with Gasteiger partial charge in [-0.05, 0) is 45.8 Å². The Morgan fingerprint density at radius 1 is 0.950 bits per heavy atom. The minimum atomic E-state index is -4.33. The third kappa shape index (κ3) is 3.76. The summed E-state index contributed by atoms with van der Waals surface area (Å²) < 4.78 is 39.0. The van der Waals surface area contributed by atoms with Crippen LogP contribution in [0.1, 0.15) is 11.1 Å². The summed E-state index contributed by atoms with van der Waals surface area (Å²) in [4.78, 5) is 0. The van der Waals surface area contributed by atoms with Gasteiger partial charge in [-0.2, -0.15) is 13.2 Å². The van der Waals surface area contributed by atoms with Crippen molar-refractivity contribution < 1.29 is 13.2 Å². The number of rotatable bonds is 3. The molecule has 0 radical (unpaired) electrons. The normalized spacial score (nSPS) is 11.4. The number of hydrogen-bond donors (Lipinski definition) is 1. The van der Waals surface area contributed by atoms with Crippen molar-refractivity contribution in [2.45, 2.75) is 12.7 Å². The second kappa shape index (κ2) is 6.18. The molecule has 106 valence electrons. The second-order valence-corrected chi connectivity index (χ2v) is 5.85. The molecule has 0 fully saturated rings. The third-order valence-electron chi connectivity index (χ3n) is 2.72. The molecule has 0 bridgehead atoms. The zero-order chi connectivity index (χ0) is 14.8. The Labute approximate surface area is 131 Å². The van der Waals surface area contributed by atoms with E-state index in [1.54, 1.807) is 0 Å². The number of nitrogens with one attached hydrogen (secondary N) is 1. The van der Waals surface area contributed by atoms with Gasteiger partial charge in [0.2, 0.25) is 0 Å². The van der Waals surface area contributed by atoms with Crippen molar-refractivity contribution in [3.8, 4) is 0 Å². The second-order valence-electron chi connectivity index (χ2n) is 4.14. The molecule has 6 heteroatoms. The molecule has 2 aromatic carbocycles. The molecule has 2 aromatic rings. The molecule has 1 N–H and O–H groups in total. The lowest BCUT2D eigenvalue weighted by Gasteiger charge is -2.12. The molecule has 20 heavy (non-hydrogen) atoms. The van der Waals surface area contributed by atoms with Crippen LogP contribution in [0.3, 0.4) is 0 Å². The molecule has 0 aromatic heterocycles. The monoisotopic (exact) mass is 407 g/mol. The quantitative estimate of drug-likeness (QED) is 0.672. The first-order valence-electron chi connectivity index (χ1n) is 5.72. The summed E-state index contributed by atoms with van der Waals surface area (Å²) in [5.41, 5.74) is 0.976. The van der Waals surface area contributed by atoms with Crippen LogP contribution in [0.5, 0.6) is 0 Å².